The van der Waals surface area contributed by atoms with E-state index < -0.39 is 0 Å². The predicted octanol–water partition coefficient (Wildman–Crippen LogP) is 2.62. The molecule has 3 aromatic rings. The summed E-state index contributed by atoms with van der Waals surface area (Å²) < 4.78 is 0. The van der Waals surface area contributed by atoms with Gasteiger partial charge in [-0.05, 0) is 61.2 Å². The van der Waals surface area contributed by atoms with Gasteiger partial charge in [0.1, 0.15) is 0 Å². The van der Waals surface area contributed by atoms with Crippen molar-refractivity contribution in [1.29, 1.82) is 0 Å². The van der Waals surface area contributed by atoms with Crippen LogP contribution in [0.3, 0.4) is 0 Å². The van der Waals surface area contributed by atoms with Crippen LogP contribution in [-0.4, -0.2) is 51.9 Å². The zero-order valence-corrected chi connectivity index (χ0v) is 16.5. The van der Waals surface area contributed by atoms with Crippen molar-refractivity contribution in [3.63, 3.8) is 0 Å². The Hall–Kier alpha value is -2.86. The normalized spacial score (nSPS) is 19.6. The molecule has 1 atom stereocenters. The van der Waals surface area contributed by atoms with E-state index in [1.807, 2.05) is 18.2 Å². The number of benzene rings is 2. The van der Waals surface area contributed by atoms with Gasteiger partial charge in [-0.25, -0.2) is 4.79 Å². The number of carbonyl (C=O) groups excluding carboxylic acids is 1. The minimum atomic E-state index is -0.221. The first kappa shape index (κ1) is 18.2. The molecule has 3 heterocycles. The van der Waals surface area contributed by atoms with E-state index >= 15 is 0 Å². The molecule has 0 saturated carbocycles. The third-order valence-electron chi connectivity index (χ3n) is 6.30. The maximum absolute atomic E-state index is 13.3. The van der Waals surface area contributed by atoms with E-state index in [2.05, 4.69) is 44.0 Å². The monoisotopic (exact) mass is 390 g/mol. The lowest BCUT2D eigenvalue weighted by molar-refractivity contribution is -0.133. The highest BCUT2D eigenvalue weighted by atomic mass is 16.2. The lowest BCUT2D eigenvalue weighted by Gasteiger charge is -2.39. The maximum Gasteiger partial charge on any atom is 0.323 e. The van der Waals surface area contributed by atoms with Crippen LogP contribution in [0.25, 0.3) is 11.0 Å². The van der Waals surface area contributed by atoms with E-state index in [0.717, 1.165) is 49.2 Å². The van der Waals surface area contributed by atoms with Crippen LogP contribution in [0.4, 0.5) is 0 Å². The smallest absolute Gasteiger partial charge is 0.323 e. The third kappa shape index (κ3) is 3.60. The molecular formula is C23H26N4O2. The second kappa shape index (κ2) is 7.52. The molecule has 1 fully saturated rings. The van der Waals surface area contributed by atoms with Crippen molar-refractivity contribution < 1.29 is 4.79 Å². The number of H-pyrrole nitrogens is 2. The lowest BCUT2D eigenvalue weighted by Crippen LogP contribution is -2.45. The number of aromatic amines is 2. The second-order valence-corrected chi connectivity index (χ2v) is 8.20. The molecule has 0 bridgehead atoms. The number of hydrogen-bond donors (Lipinski definition) is 2. The zero-order valence-electron chi connectivity index (χ0n) is 16.5. The van der Waals surface area contributed by atoms with Gasteiger partial charge in [0.25, 0.3) is 0 Å². The Kier molecular flexibility index (Phi) is 4.72. The first-order valence-corrected chi connectivity index (χ1v) is 10.5. The summed E-state index contributed by atoms with van der Waals surface area (Å²) >= 11 is 0. The summed E-state index contributed by atoms with van der Waals surface area (Å²) in [4.78, 5) is 34.9. The van der Waals surface area contributed by atoms with Crippen LogP contribution in [0, 0.1) is 0 Å². The second-order valence-electron chi connectivity index (χ2n) is 8.20. The van der Waals surface area contributed by atoms with Crippen molar-refractivity contribution >= 4 is 16.9 Å². The van der Waals surface area contributed by atoms with Crippen LogP contribution in [0.15, 0.2) is 47.3 Å². The number of rotatable bonds is 4. The van der Waals surface area contributed by atoms with Gasteiger partial charge in [0.05, 0.1) is 23.5 Å². The average Bonchev–Trinajstić information content (AvgIpc) is 3.36. The molecule has 2 aliphatic rings. The van der Waals surface area contributed by atoms with Gasteiger partial charge >= 0.3 is 5.69 Å². The van der Waals surface area contributed by atoms with E-state index in [1.54, 1.807) is 0 Å². The highest BCUT2D eigenvalue weighted by Crippen LogP contribution is 2.32. The van der Waals surface area contributed by atoms with Gasteiger partial charge in [0.15, 0.2) is 0 Å². The van der Waals surface area contributed by atoms with Crippen molar-refractivity contribution in [2.24, 2.45) is 0 Å². The molecular weight excluding hydrogens is 364 g/mol. The standard InChI is InChI=1S/C23H26N4O2/c28-22(14-16-7-8-19-20(13-16)25-23(29)24-19)27-12-9-17-5-1-2-6-18(17)21(27)15-26-10-3-4-11-26/h1-2,5-8,13,21H,3-4,9-12,14-15H2,(H2,24,25,29). The molecule has 0 spiro atoms. The van der Waals surface area contributed by atoms with Gasteiger partial charge in [-0.2, -0.15) is 0 Å². The van der Waals surface area contributed by atoms with Gasteiger partial charge in [-0.1, -0.05) is 30.3 Å². The summed E-state index contributed by atoms with van der Waals surface area (Å²) in [7, 11) is 0. The van der Waals surface area contributed by atoms with Crippen molar-refractivity contribution in [3.8, 4) is 0 Å². The number of carbonyl (C=O) groups is 1. The number of hydrogen-bond acceptors (Lipinski definition) is 3. The van der Waals surface area contributed by atoms with E-state index in [1.165, 1.54) is 24.0 Å². The molecule has 1 saturated heterocycles. The molecule has 2 aliphatic heterocycles. The van der Waals surface area contributed by atoms with E-state index in [-0.39, 0.29) is 17.6 Å². The van der Waals surface area contributed by atoms with Crippen molar-refractivity contribution in [2.75, 3.05) is 26.2 Å². The number of likely N-dealkylation sites (tertiary alicyclic amines) is 1. The number of imidazole rings is 1. The Labute approximate surface area is 169 Å². The fraction of sp³-hybridized carbons (Fsp3) is 0.391. The largest absolute Gasteiger partial charge is 0.334 e. The first-order chi connectivity index (χ1) is 14.2. The van der Waals surface area contributed by atoms with Crippen molar-refractivity contribution in [1.82, 2.24) is 19.8 Å². The Morgan fingerprint density at radius 2 is 1.79 bits per heavy atom. The molecule has 1 amide bonds. The Bertz CT molecular complexity index is 1090. The number of aromatic nitrogens is 2. The highest BCUT2D eigenvalue weighted by molar-refractivity contribution is 5.82. The van der Waals surface area contributed by atoms with Crippen LogP contribution in [-0.2, 0) is 17.6 Å². The SMILES string of the molecule is O=C(Cc1ccc2[nH]c(=O)[nH]c2c1)N1CCc2ccccc2C1CN1CCCC1. The topological polar surface area (TPSA) is 72.2 Å². The maximum atomic E-state index is 13.3. The number of fused-ring (bicyclic) bond motifs is 2. The van der Waals surface area contributed by atoms with Gasteiger partial charge in [-0.15, -0.1) is 0 Å². The highest BCUT2D eigenvalue weighted by Gasteiger charge is 2.32. The first-order valence-electron chi connectivity index (χ1n) is 10.5. The lowest BCUT2D eigenvalue weighted by atomic mass is 9.91. The van der Waals surface area contributed by atoms with Gasteiger partial charge in [0.2, 0.25) is 5.91 Å². The van der Waals surface area contributed by atoms with Crippen LogP contribution in [0.5, 0.6) is 0 Å². The summed E-state index contributed by atoms with van der Waals surface area (Å²) in [5.74, 6) is 0.154. The van der Waals surface area contributed by atoms with E-state index in [0.29, 0.717) is 6.42 Å². The van der Waals surface area contributed by atoms with Crippen LogP contribution in [0.1, 0.15) is 35.6 Å². The molecule has 5 rings (SSSR count). The van der Waals surface area contributed by atoms with Crippen LogP contribution in [0.2, 0.25) is 0 Å². The summed E-state index contributed by atoms with van der Waals surface area (Å²) in [6.45, 7) is 3.92. The molecule has 2 N–H and O–H groups in total. The average molecular weight is 390 g/mol. The summed E-state index contributed by atoms with van der Waals surface area (Å²) in [5, 5.41) is 0. The molecule has 29 heavy (non-hydrogen) atoms. The van der Waals surface area contributed by atoms with Crippen LogP contribution < -0.4 is 5.69 Å². The van der Waals surface area contributed by atoms with Gasteiger partial charge in [-0.3, -0.25) is 4.79 Å². The fourth-order valence-electron chi connectivity index (χ4n) is 4.82. The fourth-order valence-corrected chi connectivity index (χ4v) is 4.82. The third-order valence-corrected chi connectivity index (χ3v) is 6.30. The van der Waals surface area contributed by atoms with Crippen molar-refractivity contribution in [3.05, 3.63) is 69.6 Å². The molecule has 0 aliphatic carbocycles. The summed E-state index contributed by atoms with van der Waals surface area (Å²) in [5.41, 5.74) is 4.89. The number of amides is 1. The van der Waals surface area contributed by atoms with Gasteiger partial charge in [0, 0.05) is 13.1 Å². The Morgan fingerprint density at radius 1 is 1.00 bits per heavy atom. The van der Waals surface area contributed by atoms with Gasteiger partial charge < -0.3 is 19.8 Å². The van der Waals surface area contributed by atoms with Crippen LogP contribution >= 0.6 is 0 Å². The quantitative estimate of drug-likeness (QED) is 0.719. The predicted molar refractivity (Wildman–Crippen MR) is 113 cm³/mol. The molecule has 6 nitrogen and oxygen atoms in total. The van der Waals surface area contributed by atoms with E-state index in [9.17, 15) is 9.59 Å². The molecule has 150 valence electrons. The van der Waals surface area contributed by atoms with Crippen molar-refractivity contribution in [2.45, 2.75) is 31.7 Å². The molecule has 1 unspecified atom stereocenters. The zero-order chi connectivity index (χ0) is 19.8. The minimum Gasteiger partial charge on any atom is -0.334 e. The van der Waals surface area contributed by atoms with E-state index in [4.69, 9.17) is 0 Å². The molecule has 1 aromatic heterocycles. The molecule has 2 aromatic carbocycles. The minimum absolute atomic E-state index is 0.112. The Balaban J connectivity index is 1.40. The Morgan fingerprint density at radius 3 is 2.66 bits per heavy atom. The summed E-state index contributed by atoms with van der Waals surface area (Å²) in [6.07, 6.45) is 3.75. The summed E-state index contributed by atoms with van der Waals surface area (Å²) in [6, 6.07) is 14.4. The molecule has 0 radical (unpaired) electrons. The molecule has 6 heteroatoms. The number of nitrogens with one attached hydrogen (secondary N) is 2. The number of nitrogens with zero attached hydrogens (tertiary/aromatic N) is 2.